The highest BCUT2D eigenvalue weighted by Crippen LogP contribution is 2.27. The summed E-state index contributed by atoms with van der Waals surface area (Å²) in [4.78, 5) is 0. The van der Waals surface area contributed by atoms with Crippen LogP contribution >= 0.6 is 11.8 Å². The van der Waals surface area contributed by atoms with Crippen molar-refractivity contribution in [3.63, 3.8) is 0 Å². The summed E-state index contributed by atoms with van der Waals surface area (Å²) in [5, 5.41) is 18.8. The molecule has 0 unspecified atom stereocenters. The maximum atomic E-state index is 14.4. The molecule has 0 atom stereocenters. The van der Waals surface area contributed by atoms with Gasteiger partial charge in [0.2, 0.25) is 0 Å². The van der Waals surface area contributed by atoms with Crippen LogP contribution in [0.2, 0.25) is 0 Å². The summed E-state index contributed by atoms with van der Waals surface area (Å²) in [6.45, 7) is 3.52. The monoisotopic (exact) mass is 403 g/mol. The highest BCUT2D eigenvalue weighted by Gasteiger charge is 2.21. The van der Waals surface area contributed by atoms with Crippen LogP contribution in [-0.2, 0) is 6.61 Å². The number of aromatic nitrogens is 3. The first kappa shape index (κ1) is 20.2. The van der Waals surface area contributed by atoms with Gasteiger partial charge in [0, 0.05) is 5.75 Å². The number of hydrogen-bond acceptors (Lipinski definition) is 6. The van der Waals surface area contributed by atoms with Gasteiger partial charge in [0.25, 0.3) is 0 Å². The van der Waals surface area contributed by atoms with Crippen molar-refractivity contribution in [1.29, 1.82) is 0 Å². The molecule has 1 heterocycles. The number of ether oxygens (including phenoxy) is 2. The van der Waals surface area contributed by atoms with Crippen LogP contribution in [0.5, 0.6) is 11.5 Å². The SMILES string of the molecule is COc1ccc(OCc2nnc(SCC(C)(C)O)n2-c2ccccc2F)cc1. The molecule has 8 heteroatoms. The van der Waals surface area contributed by atoms with E-state index in [2.05, 4.69) is 10.2 Å². The van der Waals surface area contributed by atoms with Crippen LogP contribution in [0.3, 0.4) is 0 Å². The predicted molar refractivity (Wildman–Crippen MR) is 106 cm³/mol. The first-order valence-electron chi connectivity index (χ1n) is 8.68. The Balaban J connectivity index is 1.87. The number of aliphatic hydroxyl groups is 1. The molecular weight excluding hydrogens is 381 g/mol. The second-order valence-electron chi connectivity index (χ2n) is 6.75. The molecule has 0 spiro atoms. The Kier molecular flexibility index (Phi) is 6.21. The van der Waals surface area contributed by atoms with Gasteiger partial charge in [0.05, 0.1) is 18.4 Å². The number of thioether (sulfide) groups is 1. The van der Waals surface area contributed by atoms with E-state index in [1.54, 1.807) is 68.0 Å². The second-order valence-corrected chi connectivity index (χ2v) is 7.69. The van der Waals surface area contributed by atoms with E-state index in [0.717, 1.165) is 5.75 Å². The smallest absolute Gasteiger partial charge is 0.196 e. The minimum absolute atomic E-state index is 0.108. The molecule has 0 saturated carbocycles. The summed E-state index contributed by atoms with van der Waals surface area (Å²) in [7, 11) is 1.60. The molecule has 0 saturated heterocycles. The standard InChI is InChI=1S/C20H22FN3O3S/c1-20(2,25)13-28-19-23-22-18(24(19)17-7-5-4-6-16(17)21)12-27-15-10-8-14(26-3)9-11-15/h4-11,25H,12-13H2,1-3H3. The van der Waals surface area contributed by atoms with Gasteiger partial charge in [-0.25, -0.2) is 4.39 Å². The minimum atomic E-state index is -0.892. The fourth-order valence-corrected chi connectivity index (χ4v) is 3.34. The summed E-state index contributed by atoms with van der Waals surface area (Å²) >= 11 is 1.31. The molecular formula is C20H22FN3O3S. The highest BCUT2D eigenvalue weighted by molar-refractivity contribution is 7.99. The lowest BCUT2D eigenvalue weighted by molar-refractivity contribution is 0.107. The number of rotatable bonds is 8. The van der Waals surface area contributed by atoms with Gasteiger partial charge in [-0.15, -0.1) is 10.2 Å². The summed E-state index contributed by atoms with van der Waals surface area (Å²) in [5.74, 6) is 1.82. The molecule has 0 amide bonds. The van der Waals surface area contributed by atoms with Crippen LogP contribution in [0, 0.1) is 5.82 Å². The van der Waals surface area contributed by atoms with Crippen LogP contribution in [0.1, 0.15) is 19.7 Å². The van der Waals surface area contributed by atoms with E-state index in [1.165, 1.54) is 17.8 Å². The zero-order valence-electron chi connectivity index (χ0n) is 15.9. The van der Waals surface area contributed by atoms with Crippen LogP contribution in [-0.4, -0.2) is 38.3 Å². The molecule has 28 heavy (non-hydrogen) atoms. The van der Waals surface area contributed by atoms with Gasteiger partial charge >= 0.3 is 0 Å². The molecule has 0 radical (unpaired) electrons. The van der Waals surface area contributed by atoms with Crippen molar-refractivity contribution in [3.05, 3.63) is 60.2 Å². The zero-order valence-corrected chi connectivity index (χ0v) is 16.7. The van der Waals surface area contributed by atoms with Gasteiger partial charge in [-0.1, -0.05) is 23.9 Å². The van der Waals surface area contributed by atoms with E-state index in [-0.39, 0.29) is 6.61 Å². The van der Waals surface area contributed by atoms with Crippen molar-refractivity contribution in [2.75, 3.05) is 12.9 Å². The van der Waals surface area contributed by atoms with E-state index in [4.69, 9.17) is 9.47 Å². The molecule has 148 valence electrons. The summed E-state index contributed by atoms with van der Waals surface area (Å²) < 4.78 is 27.0. The largest absolute Gasteiger partial charge is 0.497 e. The maximum absolute atomic E-state index is 14.4. The topological polar surface area (TPSA) is 69.4 Å². The third-order valence-electron chi connectivity index (χ3n) is 3.78. The molecule has 3 rings (SSSR count). The predicted octanol–water partition coefficient (Wildman–Crippen LogP) is 3.86. The Bertz CT molecular complexity index is 923. The Labute approximate surface area is 167 Å². The van der Waals surface area contributed by atoms with Crippen LogP contribution in [0.4, 0.5) is 4.39 Å². The number of hydrogen-bond donors (Lipinski definition) is 1. The third-order valence-corrected chi connectivity index (χ3v) is 5.15. The van der Waals surface area contributed by atoms with Crippen molar-refractivity contribution in [1.82, 2.24) is 14.8 Å². The molecule has 0 aliphatic carbocycles. The summed E-state index contributed by atoms with van der Waals surface area (Å²) in [5.41, 5.74) is -0.560. The lowest BCUT2D eigenvalue weighted by Crippen LogP contribution is -2.22. The number of benzene rings is 2. The van der Waals surface area contributed by atoms with Gasteiger partial charge in [-0.2, -0.15) is 0 Å². The number of methoxy groups -OCH3 is 1. The van der Waals surface area contributed by atoms with E-state index in [0.29, 0.717) is 28.2 Å². The Hall–Kier alpha value is -2.58. The third kappa shape index (κ3) is 5.02. The fraction of sp³-hybridized carbons (Fsp3) is 0.300. The Morgan fingerprint density at radius 3 is 2.39 bits per heavy atom. The fourth-order valence-electron chi connectivity index (χ4n) is 2.42. The summed E-state index contributed by atoms with van der Waals surface area (Å²) in [6.07, 6.45) is 0. The number of para-hydroxylation sites is 1. The molecule has 1 aromatic heterocycles. The van der Waals surface area contributed by atoms with Gasteiger partial charge in [-0.05, 0) is 50.2 Å². The van der Waals surface area contributed by atoms with E-state index in [1.807, 2.05) is 0 Å². The molecule has 2 aromatic carbocycles. The first-order chi connectivity index (χ1) is 13.4. The summed E-state index contributed by atoms with van der Waals surface area (Å²) in [6, 6.07) is 13.6. The lowest BCUT2D eigenvalue weighted by Gasteiger charge is -2.17. The minimum Gasteiger partial charge on any atom is -0.497 e. The van der Waals surface area contributed by atoms with Crippen molar-refractivity contribution in [2.45, 2.75) is 31.2 Å². The molecule has 0 fully saturated rings. The first-order valence-corrected chi connectivity index (χ1v) is 9.67. The number of halogens is 1. The normalized spacial score (nSPS) is 11.5. The second kappa shape index (κ2) is 8.62. The van der Waals surface area contributed by atoms with E-state index in [9.17, 15) is 9.50 Å². The highest BCUT2D eigenvalue weighted by atomic mass is 32.2. The van der Waals surface area contributed by atoms with Crippen molar-refractivity contribution >= 4 is 11.8 Å². The van der Waals surface area contributed by atoms with E-state index >= 15 is 0 Å². The van der Waals surface area contributed by atoms with Crippen LogP contribution in [0.25, 0.3) is 5.69 Å². The molecule has 1 N–H and O–H groups in total. The van der Waals surface area contributed by atoms with Gasteiger partial charge in [-0.3, -0.25) is 4.57 Å². The van der Waals surface area contributed by atoms with Crippen molar-refractivity contribution in [2.24, 2.45) is 0 Å². The molecule has 6 nitrogen and oxygen atoms in total. The molecule has 0 aliphatic heterocycles. The Morgan fingerprint density at radius 1 is 1.07 bits per heavy atom. The van der Waals surface area contributed by atoms with Gasteiger partial charge in [0.15, 0.2) is 11.0 Å². The quantitative estimate of drug-likeness (QED) is 0.576. The van der Waals surface area contributed by atoms with Gasteiger partial charge in [0.1, 0.15) is 23.9 Å². The van der Waals surface area contributed by atoms with E-state index < -0.39 is 11.4 Å². The van der Waals surface area contributed by atoms with Crippen molar-refractivity contribution < 1.29 is 19.0 Å². The maximum Gasteiger partial charge on any atom is 0.196 e. The average molecular weight is 403 g/mol. The zero-order chi connectivity index (χ0) is 20.1. The Morgan fingerprint density at radius 2 is 1.75 bits per heavy atom. The lowest BCUT2D eigenvalue weighted by atomic mass is 10.2. The van der Waals surface area contributed by atoms with Crippen LogP contribution < -0.4 is 9.47 Å². The van der Waals surface area contributed by atoms with Gasteiger partial charge < -0.3 is 14.6 Å². The van der Waals surface area contributed by atoms with Crippen molar-refractivity contribution in [3.8, 4) is 17.2 Å². The molecule has 0 aliphatic rings. The molecule has 0 bridgehead atoms. The molecule has 3 aromatic rings. The average Bonchev–Trinajstić information content (AvgIpc) is 3.07. The van der Waals surface area contributed by atoms with Crippen LogP contribution in [0.15, 0.2) is 53.7 Å². The number of nitrogens with zero attached hydrogens (tertiary/aromatic N) is 3.